The van der Waals surface area contributed by atoms with Crippen molar-refractivity contribution in [2.45, 2.75) is 58.3 Å². The number of nitrogens with one attached hydrogen (secondary N) is 1. The summed E-state index contributed by atoms with van der Waals surface area (Å²) in [7, 11) is 0. The molecule has 1 unspecified atom stereocenters. The molecule has 0 spiro atoms. The summed E-state index contributed by atoms with van der Waals surface area (Å²) in [4.78, 5) is 14.4. The van der Waals surface area contributed by atoms with Crippen LogP contribution in [-0.2, 0) is 4.74 Å². The molecule has 6 heteroatoms. The van der Waals surface area contributed by atoms with E-state index in [9.17, 15) is 9.90 Å². The number of piperidine rings is 1. The van der Waals surface area contributed by atoms with Crippen molar-refractivity contribution in [1.29, 1.82) is 0 Å². The zero-order valence-electron chi connectivity index (χ0n) is 15.2. The van der Waals surface area contributed by atoms with Gasteiger partial charge in [-0.2, -0.15) is 0 Å². The summed E-state index contributed by atoms with van der Waals surface area (Å²) in [6.07, 6.45) is 2.82. The van der Waals surface area contributed by atoms with Gasteiger partial charge in [0.05, 0.1) is 30.1 Å². The SMILES string of the molecule is Cc1occc1C(=O)NC1CCN(CC(O)COC(C)(C)C)CC1. The van der Waals surface area contributed by atoms with Gasteiger partial charge in [0.1, 0.15) is 5.76 Å². The van der Waals surface area contributed by atoms with Gasteiger partial charge in [-0.3, -0.25) is 4.79 Å². The Hall–Kier alpha value is -1.37. The number of carbonyl (C=O) groups is 1. The first kappa shape index (κ1) is 19.0. The molecule has 1 aromatic rings. The second kappa shape index (κ2) is 8.14. The molecule has 1 amide bonds. The maximum absolute atomic E-state index is 12.2. The van der Waals surface area contributed by atoms with Crippen LogP contribution in [0.15, 0.2) is 16.7 Å². The zero-order valence-corrected chi connectivity index (χ0v) is 15.2. The van der Waals surface area contributed by atoms with E-state index < -0.39 is 6.10 Å². The van der Waals surface area contributed by atoms with E-state index in [1.54, 1.807) is 13.0 Å². The number of ether oxygens (including phenoxy) is 1. The zero-order chi connectivity index (χ0) is 17.7. The van der Waals surface area contributed by atoms with Crippen LogP contribution in [0.5, 0.6) is 0 Å². The van der Waals surface area contributed by atoms with E-state index in [0.29, 0.717) is 24.5 Å². The quantitative estimate of drug-likeness (QED) is 0.829. The molecule has 136 valence electrons. The Labute approximate surface area is 144 Å². The van der Waals surface area contributed by atoms with E-state index in [4.69, 9.17) is 9.15 Å². The first-order valence-electron chi connectivity index (χ1n) is 8.64. The number of nitrogens with zero attached hydrogens (tertiary/aromatic N) is 1. The van der Waals surface area contributed by atoms with Crippen molar-refractivity contribution in [3.8, 4) is 0 Å². The largest absolute Gasteiger partial charge is 0.469 e. The Kier molecular flexibility index (Phi) is 6.43. The smallest absolute Gasteiger partial charge is 0.255 e. The summed E-state index contributed by atoms with van der Waals surface area (Å²) < 4.78 is 10.8. The third-order valence-electron chi connectivity index (χ3n) is 4.20. The normalized spacial score (nSPS) is 18.5. The van der Waals surface area contributed by atoms with Crippen LogP contribution in [0.2, 0.25) is 0 Å². The minimum atomic E-state index is -0.482. The topological polar surface area (TPSA) is 74.9 Å². The summed E-state index contributed by atoms with van der Waals surface area (Å²) in [6.45, 7) is 10.4. The monoisotopic (exact) mass is 338 g/mol. The number of aliphatic hydroxyl groups excluding tert-OH is 1. The lowest BCUT2D eigenvalue weighted by Crippen LogP contribution is -2.47. The lowest BCUT2D eigenvalue weighted by Gasteiger charge is -2.34. The fourth-order valence-electron chi connectivity index (χ4n) is 2.84. The number of likely N-dealkylation sites (tertiary alicyclic amines) is 1. The number of amides is 1. The van der Waals surface area contributed by atoms with E-state index in [1.807, 2.05) is 20.8 Å². The van der Waals surface area contributed by atoms with Crippen molar-refractivity contribution in [1.82, 2.24) is 10.2 Å². The molecular weight excluding hydrogens is 308 g/mol. The lowest BCUT2D eigenvalue weighted by molar-refractivity contribution is -0.0574. The first-order valence-corrected chi connectivity index (χ1v) is 8.64. The molecule has 0 bridgehead atoms. The van der Waals surface area contributed by atoms with Crippen molar-refractivity contribution in [2.75, 3.05) is 26.2 Å². The number of hydrogen-bond acceptors (Lipinski definition) is 5. The van der Waals surface area contributed by atoms with Gasteiger partial charge in [-0.1, -0.05) is 0 Å². The van der Waals surface area contributed by atoms with Crippen LogP contribution < -0.4 is 5.32 Å². The van der Waals surface area contributed by atoms with Crippen molar-refractivity contribution in [3.05, 3.63) is 23.7 Å². The Balaban J connectivity index is 1.70. The average molecular weight is 338 g/mol. The van der Waals surface area contributed by atoms with Crippen molar-refractivity contribution in [3.63, 3.8) is 0 Å². The summed E-state index contributed by atoms with van der Waals surface area (Å²) in [5.74, 6) is 0.574. The molecule has 1 atom stereocenters. The van der Waals surface area contributed by atoms with E-state index in [2.05, 4.69) is 10.2 Å². The Morgan fingerprint density at radius 2 is 2.12 bits per heavy atom. The second-order valence-electron chi connectivity index (χ2n) is 7.52. The third kappa shape index (κ3) is 5.92. The average Bonchev–Trinajstić information content (AvgIpc) is 2.93. The molecule has 2 heterocycles. The molecular formula is C18H30N2O4. The highest BCUT2D eigenvalue weighted by molar-refractivity contribution is 5.95. The second-order valence-corrected chi connectivity index (χ2v) is 7.52. The summed E-state index contributed by atoms with van der Waals surface area (Å²) in [5.41, 5.74) is 0.371. The number of furan rings is 1. The van der Waals surface area contributed by atoms with Crippen molar-refractivity contribution < 1.29 is 19.1 Å². The molecule has 1 aliphatic rings. The molecule has 0 saturated carbocycles. The highest BCUT2D eigenvalue weighted by Crippen LogP contribution is 2.14. The lowest BCUT2D eigenvalue weighted by atomic mass is 10.0. The van der Waals surface area contributed by atoms with Gasteiger partial charge in [-0.15, -0.1) is 0 Å². The first-order chi connectivity index (χ1) is 11.2. The van der Waals surface area contributed by atoms with Crippen molar-refractivity contribution in [2.24, 2.45) is 0 Å². The molecule has 24 heavy (non-hydrogen) atoms. The van der Waals surface area contributed by atoms with E-state index in [-0.39, 0.29) is 17.6 Å². The fraction of sp³-hybridized carbons (Fsp3) is 0.722. The number of hydrogen-bond donors (Lipinski definition) is 2. The van der Waals surface area contributed by atoms with Crippen LogP contribution in [-0.4, -0.2) is 59.9 Å². The van der Waals surface area contributed by atoms with Crippen LogP contribution in [0.3, 0.4) is 0 Å². The molecule has 0 radical (unpaired) electrons. The summed E-state index contributed by atoms with van der Waals surface area (Å²) >= 11 is 0. The summed E-state index contributed by atoms with van der Waals surface area (Å²) in [6, 6.07) is 1.87. The van der Waals surface area contributed by atoms with Crippen LogP contribution >= 0.6 is 0 Å². The number of aliphatic hydroxyl groups is 1. The summed E-state index contributed by atoms with van der Waals surface area (Å²) in [5, 5.41) is 13.2. The van der Waals surface area contributed by atoms with E-state index in [1.165, 1.54) is 6.26 Å². The number of aryl methyl sites for hydroxylation is 1. The Morgan fingerprint density at radius 3 is 2.67 bits per heavy atom. The van der Waals surface area contributed by atoms with Crippen LogP contribution in [0.1, 0.15) is 49.7 Å². The molecule has 6 nitrogen and oxygen atoms in total. The van der Waals surface area contributed by atoms with Crippen LogP contribution in [0.25, 0.3) is 0 Å². The molecule has 2 N–H and O–H groups in total. The maximum Gasteiger partial charge on any atom is 0.255 e. The molecule has 1 aromatic heterocycles. The molecule has 0 aromatic carbocycles. The minimum Gasteiger partial charge on any atom is -0.469 e. The molecule has 2 rings (SSSR count). The molecule has 1 aliphatic heterocycles. The van der Waals surface area contributed by atoms with Gasteiger partial charge in [0.25, 0.3) is 5.91 Å². The Morgan fingerprint density at radius 1 is 1.46 bits per heavy atom. The van der Waals surface area contributed by atoms with Crippen LogP contribution in [0.4, 0.5) is 0 Å². The predicted octanol–water partition coefficient (Wildman–Crippen LogP) is 1.96. The van der Waals surface area contributed by atoms with Gasteiger partial charge in [0, 0.05) is 25.7 Å². The third-order valence-corrected chi connectivity index (χ3v) is 4.20. The Bertz CT molecular complexity index is 527. The van der Waals surface area contributed by atoms with E-state index in [0.717, 1.165) is 25.9 Å². The minimum absolute atomic E-state index is 0.0710. The number of carbonyl (C=O) groups excluding carboxylic acids is 1. The van der Waals surface area contributed by atoms with Gasteiger partial charge < -0.3 is 24.5 Å². The van der Waals surface area contributed by atoms with Gasteiger partial charge in [0.15, 0.2) is 0 Å². The van der Waals surface area contributed by atoms with Gasteiger partial charge in [0.2, 0.25) is 0 Å². The number of rotatable bonds is 6. The van der Waals surface area contributed by atoms with E-state index >= 15 is 0 Å². The molecule has 1 saturated heterocycles. The highest BCUT2D eigenvalue weighted by atomic mass is 16.5. The fourth-order valence-corrected chi connectivity index (χ4v) is 2.84. The molecule has 1 fully saturated rings. The predicted molar refractivity (Wildman–Crippen MR) is 92.1 cm³/mol. The molecule has 0 aliphatic carbocycles. The maximum atomic E-state index is 12.2. The van der Waals surface area contributed by atoms with Crippen molar-refractivity contribution >= 4 is 5.91 Å². The van der Waals surface area contributed by atoms with Crippen LogP contribution in [0, 0.1) is 6.92 Å². The van der Waals surface area contributed by atoms with Gasteiger partial charge in [-0.25, -0.2) is 0 Å². The standard InChI is InChI=1S/C18H30N2O4/c1-13-16(7-10-23-13)17(22)19-14-5-8-20(9-6-14)11-15(21)12-24-18(2,3)4/h7,10,14-15,21H,5-6,8-9,11-12H2,1-4H3,(H,19,22). The number of β-amino-alcohol motifs (C(OH)–C–C–N with tert-alkyl or cyclic N) is 1. The highest BCUT2D eigenvalue weighted by Gasteiger charge is 2.24. The van der Waals surface area contributed by atoms with Gasteiger partial charge in [-0.05, 0) is 46.6 Å². The van der Waals surface area contributed by atoms with Gasteiger partial charge >= 0.3 is 0 Å².